The number of amides is 1. The summed E-state index contributed by atoms with van der Waals surface area (Å²) in [7, 11) is 1.52. The lowest BCUT2D eigenvalue weighted by Gasteiger charge is -2.26. The summed E-state index contributed by atoms with van der Waals surface area (Å²) >= 11 is 0. The van der Waals surface area contributed by atoms with Crippen molar-refractivity contribution in [1.29, 1.82) is 0 Å². The van der Waals surface area contributed by atoms with Crippen molar-refractivity contribution < 1.29 is 13.6 Å². The van der Waals surface area contributed by atoms with Crippen molar-refractivity contribution in [2.24, 2.45) is 0 Å². The summed E-state index contributed by atoms with van der Waals surface area (Å²) in [6.45, 7) is 1.57. The first-order valence-electron chi connectivity index (χ1n) is 8.45. The molecule has 1 fully saturated rings. The van der Waals surface area contributed by atoms with Crippen LogP contribution in [0.1, 0.15) is 36.5 Å². The molecule has 0 aliphatic heterocycles. The first kappa shape index (κ1) is 18.0. The number of hydrogen-bond acceptors (Lipinski definition) is 5. The van der Waals surface area contributed by atoms with Crippen LogP contribution in [0.3, 0.4) is 0 Å². The van der Waals surface area contributed by atoms with Crippen molar-refractivity contribution in [3.63, 3.8) is 0 Å². The molecule has 26 heavy (non-hydrogen) atoms. The van der Waals surface area contributed by atoms with Gasteiger partial charge in [-0.05, 0) is 38.3 Å². The molecular weight excluding hydrogens is 340 g/mol. The van der Waals surface area contributed by atoms with Crippen molar-refractivity contribution >= 4 is 23.2 Å². The molecule has 0 radical (unpaired) electrons. The fraction of sp³-hybridized carbons (Fsp3) is 0.389. The Hall–Kier alpha value is -2.77. The van der Waals surface area contributed by atoms with Gasteiger partial charge in [0.1, 0.15) is 23.1 Å². The van der Waals surface area contributed by atoms with Crippen molar-refractivity contribution in [2.75, 3.05) is 17.7 Å². The van der Waals surface area contributed by atoms with Gasteiger partial charge in [-0.1, -0.05) is 0 Å². The van der Waals surface area contributed by atoms with Crippen LogP contribution in [0, 0.1) is 5.82 Å². The smallest absolute Gasteiger partial charge is 0.254 e. The van der Waals surface area contributed by atoms with E-state index in [9.17, 15) is 13.6 Å². The second-order valence-electron chi connectivity index (χ2n) is 6.55. The number of pyridine rings is 2. The summed E-state index contributed by atoms with van der Waals surface area (Å²) in [5, 5.41) is 8.66. The molecule has 1 aliphatic carbocycles. The number of nitrogens with one attached hydrogen (secondary N) is 3. The average molecular weight is 361 g/mol. The number of rotatable bonds is 5. The number of carbonyl (C=O) groups excluding carboxylic acids is 1. The Kier molecular flexibility index (Phi) is 5.01. The van der Waals surface area contributed by atoms with Crippen LogP contribution in [0.5, 0.6) is 0 Å². The highest BCUT2D eigenvalue weighted by Crippen LogP contribution is 2.36. The molecule has 1 amide bonds. The van der Waals surface area contributed by atoms with E-state index < -0.39 is 11.5 Å². The van der Waals surface area contributed by atoms with Crippen molar-refractivity contribution in [1.82, 2.24) is 15.3 Å². The zero-order valence-electron chi connectivity index (χ0n) is 14.6. The number of carbonyl (C=O) groups is 1. The van der Waals surface area contributed by atoms with Gasteiger partial charge in [0.05, 0.1) is 23.5 Å². The minimum atomic E-state index is -1.34. The van der Waals surface area contributed by atoms with Gasteiger partial charge in [0, 0.05) is 19.3 Å². The first-order valence-corrected chi connectivity index (χ1v) is 8.45. The predicted molar refractivity (Wildman–Crippen MR) is 95.9 cm³/mol. The highest BCUT2D eigenvalue weighted by atomic mass is 19.1. The lowest BCUT2D eigenvalue weighted by atomic mass is 10.0. The second kappa shape index (κ2) is 7.23. The summed E-state index contributed by atoms with van der Waals surface area (Å²) in [4.78, 5) is 20.2. The summed E-state index contributed by atoms with van der Waals surface area (Å²) in [5.74, 6) is 0.0702. The zero-order valence-corrected chi connectivity index (χ0v) is 14.6. The zero-order chi connectivity index (χ0) is 18.7. The van der Waals surface area contributed by atoms with Gasteiger partial charge in [-0.15, -0.1) is 0 Å². The van der Waals surface area contributed by atoms with E-state index in [-0.39, 0.29) is 11.9 Å². The standard InChI is InChI=1S/C18H21F2N5O/c1-18(20)7-3-4-14(18)24-13-8-16(23-10-12(13)17(26)21-2)25-15-6-5-11(19)9-22-15/h5-6,8-10,14H,3-4,7H2,1-2H3,(H,21,26)(H2,22,23,24,25)/t14-,18?/m0/s1. The minimum absolute atomic E-state index is 0.315. The Morgan fingerprint density at radius 3 is 2.65 bits per heavy atom. The SMILES string of the molecule is CNC(=O)c1cnc(Nc2ccc(F)cn2)cc1N[C@H]1CCCC1(C)F. The molecule has 0 bridgehead atoms. The number of aromatic nitrogens is 2. The molecule has 1 unspecified atom stereocenters. The van der Waals surface area contributed by atoms with Crippen LogP contribution in [-0.4, -0.2) is 34.6 Å². The van der Waals surface area contributed by atoms with Gasteiger partial charge in [-0.2, -0.15) is 0 Å². The molecule has 3 N–H and O–H groups in total. The van der Waals surface area contributed by atoms with E-state index in [4.69, 9.17) is 0 Å². The summed E-state index contributed by atoms with van der Waals surface area (Å²) < 4.78 is 27.6. The number of alkyl halides is 1. The molecular formula is C18H21F2N5O. The van der Waals surface area contributed by atoms with E-state index in [2.05, 4.69) is 25.9 Å². The van der Waals surface area contributed by atoms with Crippen LogP contribution in [-0.2, 0) is 0 Å². The Balaban J connectivity index is 1.88. The third-order valence-corrected chi connectivity index (χ3v) is 4.57. The maximum absolute atomic E-state index is 14.6. The molecule has 138 valence electrons. The molecule has 1 saturated carbocycles. The third kappa shape index (κ3) is 3.89. The molecule has 6 nitrogen and oxygen atoms in total. The molecule has 3 rings (SSSR count). The van der Waals surface area contributed by atoms with Gasteiger partial charge in [-0.25, -0.2) is 18.7 Å². The second-order valence-corrected chi connectivity index (χ2v) is 6.55. The molecule has 0 spiro atoms. The van der Waals surface area contributed by atoms with Gasteiger partial charge in [-0.3, -0.25) is 4.79 Å². The monoisotopic (exact) mass is 361 g/mol. The normalized spacial score (nSPS) is 22.1. The molecule has 0 aromatic carbocycles. The fourth-order valence-corrected chi connectivity index (χ4v) is 3.08. The van der Waals surface area contributed by atoms with Crippen molar-refractivity contribution in [2.45, 2.75) is 37.9 Å². The summed E-state index contributed by atoms with van der Waals surface area (Å²) in [6, 6.07) is 4.00. The minimum Gasteiger partial charge on any atom is -0.378 e. The van der Waals surface area contributed by atoms with E-state index in [1.54, 1.807) is 13.0 Å². The number of hydrogen-bond donors (Lipinski definition) is 3. The van der Waals surface area contributed by atoms with Crippen LogP contribution in [0.2, 0.25) is 0 Å². The summed E-state index contributed by atoms with van der Waals surface area (Å²) in [5.41, 5.74) is -0.525. The first-order chi connectivity index (χ1) is 12.4. The van der Waals surface area contributed by atoms with Gasteiger partial charge in [0.2, 0.25) is 0 Å². The van der Waals surface area contributed by atoms with Crippen LogP contribution in [0.4, 0.5) is 26.1 Å². The van der Waals surface area contributed by atoms with Gasteiger partial charge in [0.15, 0.2) is 0 Å². The van der Waals surface area contributed by atoms with Gasteiger partial charge >= 0.3 is 0 Å². The van der Waals surface area contributed by atoms with E-state index in [0.717, 1.165) is 12.6 Å². The van der Waals surface area contributed by atoms with E-state index in [1.807, 2.05) is 0 Å². The van der Waals surface area contributed by atoms with Crippen LogP contribution in [0.15, 0.2) is 30.6 Å². The molecule has 8 heteroatoms. The molecule has 2 heterocycles. The number of nitrogens with zero attached hydrogens (tertiary/aromatic N) is 2. The maximum atomic E-state index is 14.6. The Bertz CT molecular complexity index is 795. The molecule has 2 aromatic rings. The summed E-state index contributed by atoms with van der Waals surface area (Å²) in [6.07, 6.45) is 4.46. The molecule has 2 atom stereocenters. The molecule has 0 saturated heterocycles. The van der Waals surface area contributed by atoms with E-state index in [0.29, 0.717) is 35.7 Å². The lowest BCUT2D eigenvalue weighted by Crippen LogP contribution is -2.36. The molecule has 2 aromatic heterocycles. The highest BCUT2D eigenvalue weighted by molar-refractivity contribution is 5.99. The predicted octanol–water partition coefficient (Wildman–Crippen LogP) is 3.41. The van der Waals surface area contributed by atoms with E-state index >= 15 is 0 Å². The van der Waals surface area contributed by atoms with Crippen LogP contribution in [0.25, 0.3) is 0 Å². The quantitative estimate of drug-likeness (QED) is 0.761. The Morgan fingerprint density at radius 1 is 1.27 bits per heavy atom. The maximum Gasteiger partial charge on any atom is 0.254 e. The van der Waals surface area contributed by atoms with Crippen molar-refractivity contribution in [3.05, 3.63) is 42.0 Å². The largest absolute Gasteiger partial charge is 0.378 e. The fourth-order valence-electron chi connectivity index (χ4n) is 3.08. The molecule has 1 aliphatic rings. The topological polar surface area (TPSA) is 78.9 Å². The highest BCUT2D eigenvalue weighted by Gasteiger charge is 2.39. The lowest BCUT2D eigenvalue weighted by molar-refractivity contribution is 0.0963. The van der Waals surface area contributed by atoms with Crippen molar-refractivity contribution in [3.8, 4) is 0 Å². The van der Waals surface area contributed by atoms with Crippen LogP contribution >= 0.6 is 0 Å². The Morgan fingerprint density at radius 2 is 2.04 bits per heavy atom. The third-order valence-electron chi connectivity index (χ3n) is 4.57. The van der Waals surface area contributed by atoms with E-state index in [1.165, 1.54) is 25.4 Å². The number of anilines is 3. The van der Waals surface area contributed by atoms with Gasteiger partial charge in [0.25, 0.3) is 5.91 Å². The Labute approximate surface area is 150 Å². The van der Waals surface area contributed by atoms with Crippen LogP contribution < -0.4 is 16.0 Å². The van der Waals surface area contributed by atoms with Gasteiger partial charge < -0.3 is 16.0 Å². The number of halogens is 2. The average Bonchev–Trinajstić information content (AvgIpc) is 2.95.